The standard InChI is InChI=1S/C12H13Cl2N/c1-2-3-4-8-15-9-10-11(13)6-5-7-12(10)14/h1,5-7,15H,3-4,8-9H2. The fraction of sp³-hybridized carbons (Fsp3) is 0.333. The number of hydrogen-bond acceptors (Lipinski definition) is 1. The molecule has 0 atom stereocenters. The summed E-state index contributed by atoms with van der Waals surface area (Å²) in [6, 6.07) is 5.52. The third-order valence-electron chi connectivity index (χ3n) is 2.04. The Morgan fingerprint density at radius 1 is 1.27 bits per heavy atom. The van der Waals surface area contributed by atoms with Crippen LogP contribution in [0.15, 0.2) is 18.2 Å². The van der Waals surface area contributed by atoms with Gasteiger partial charge in [0.15, 0.2) is 0 Å². The van der Waals surface area contributed by atoms with Gasteiger partial charge in [0, 0.05) is 28.6 Å². The molecule has 1 aromatic rings. The predicted molar refractivity (Wildman–Crippen MR) is 66.2 cm³/mol. The molecule has 0 aromatic heterocycles. The number of rotatable bonds is 5. The average Bonchev–Trinajstić information content (AvgIpc) is 2.21. The van der Waals surface area contributed by atoms with E-state index in [2.05, 4.69) is 11.2 Å². The van der Waals surface area contributed by atoms with Crippen LogP contribution in [0.4, 0.5) is 0 Å². The van der Waals surface area contributed by atoms with Gasteiger partial charge in [-0.25, -0.2) is 0 Å². The minimum atomic E-state index is 0.684. The molecule has 0 amide bonds. The number of unbranched alkanes of at least 4 members (excludes halogenated alkanes) is 1. The van der Waals surface area contributed by atoms with Gasteiger partial charge in [-0.3, -0.25) is 0 Å². The molecular formula is C12H13Cl2N. The van der Waals surface area contributed by atoms with Gasteiger partial charge in [0.1, 0.15) is 0 Å². The van der Waals surface area contributed by atoms with Crippen LogP contribution in [0.1, 0.15) is 18.4 Å². The Bertz CT molecular complexity index is 335. The molecule has 0 aliphatic rings. The first kappa shape index (κ1) is 12.4. The smallest absolute Gasteiger partial charge is 0.0465 e. The van der Waals surface area contributed by atoms with Crippen molar-refractivity contribution < 1.29 is 0 Å². The molecule has 0 saturated heterocycles. The van der Waals surface area contributed by atoms with Gasteiger partial charge in [-0.05, 0) is 25.1 Å². The maximum absolute atomic E-state index is 6.01. The Morgan fingerprint density at radius 2 is 1.93 bits per heavy atom. The summed E-state index contributed by atoms with van der Waals surface area (Å²) in [5.41, 5.74) is 0.946. The first-order valence-electron chi connectivity index (χ1n) is 4.82. The van der Waals surface area contributed by atoms with Crippen LogP contribution in [0.2, 0.25) is 10.0 Å². The van der Waals surface area contributed by atoms with Crippen LogP contribution in [0, 0.1) is 12.3 Å². The second kappa shape index (κ2) is 6.74. The monoisotopic (exact) mass is 241 g/mol. The highest BCUT2D eigenvalue weighted by atomic mass is 35.5. The Labute approximate surface area is 101 Å². The van der Waals surface area contributed by atoms with Gasteiger partial charge in [-0.1, -0.05) is 29.3 Å². The Kier molecular flexibility index (Phi) is 5.57. The minimum Gasteiger partial charge on any atom is -0.313 e. The molecule has 0 radical (unpaired) electrons. The lowest BCUT2D eigenvalue weighted by Gasteiger charge is -2.07. The van der Waals surface area contributed by atoms with Crippen LogP contribution in [0.25, 0.3) is 0 Å². The van der Waals surface area contributed by atoms with Crippen molar-refractivity contribution in [3.05, 3.63) is 33.8 Å². The molecular weight excluding hydrogens is 229 g/mol. The molecule has 3 heteroatoms. The summed E-state index contributed by atoms with van der Waals surface area (Å²) < 4.78 is 0. The topological polar surface area (TPSA) is 12.0 Å². The van der Waals surface area contributed by atoms with Crippen LogP contribution < -0.4 is 5.32 Å². The van der Waals surface area contributed by atoms with Crippen LogP contribution in [-0.4, -0.2) is 6.54 Å². The van der Waals surface area contributed by atoms with E-state index in [1.807, 2.05) is 18.2 Å². The van der Waals surface area contributed by atoms with Gasteiger partial charge < -0.3 is 5.32 Å². The van der Waals surface area contributed by atoms with Crippen molar-refractivity contribution in [1.29, 1.82) is 0 Å². The van der Waals surface area contributed by atoms with E-state index in [9.17, 15) is 0 Å². The lowest BCUT2D eigenvalue weighted by atomic mass is 10.2. The molecule has 0 bridgehead atoms. The highest BCUT2D eigenvalue weighted by Crippen LogP contribution is 2.23. The Hall–Kier alpha value is -0.680. The van der Waals surface area contributed by atoms with E-state index in [0.29, 0.717) is 16.6 Å². The van der Waals surface area contributed by atoms with Gasteiger partial charge in [-0.2, -0.15) is 0 Å². The molecule has 15 heavy (non-hydrogen) atoms. The molecule has 0 spiro atoms. The van der Waals surface area contributed by atoms with Crippen molar-refractivity contribution in [1.82, 2.24) is 5.32 Å². The molecule has 0 aliphatic heterocycles. The summed E-state index contributed by atoms with van der Waals surface area (Å²) in [6.45, 7) is 1.56. The summed E-state index contributed by atoms with van der Waals surface area (Å²) in [5.74, 6) is 2.60. The second-order valence-electron chi connectivity index (χ2n) is 3.18. The van der Waals surface area contributed by atoms with Crippen molar-refractivity contribution in [3.63, 3.8) is 0 Å². The summed E-state index contributed by atoms with van der Waals surface area (Å²) in [4.78, 5) is 0. The number of terminal acetylenes is 1. The minimum absolute atomic E-state index is 0.684. The molecule has 0 fully saturated rings. The summed E-state index contributed by atoms with van der Waals surface area (Å²) in [5, 5.41) is 4.66. The zero-order valence-electron chi connectivity index (χ0n) is 8.39. The van der Waals surface area contributed by atoms with Crippen molar-refractivity contribution >= 4 is 23.2 Å². The van der Waals surface area contributed by atoms with Crippen molar-refractivity contribution in [3.8, 4) is 12.3 Å². The van der Waals surface area contributed by atoms with E-state index in [0.717, 1.165) is 24.9 Å². The van der Waals surface area contributed by atoms with Crippen molar-refractivity contribution in [2.75, 3.05) is 6.54 Å². The van der Waals surface area contributed by atoms with Gasteiger partial charge in [-0.15, -0.1) is 12.3 Å². The van der Waals surface area contributed by atoms with Gasteiger partial charge >= 0.3 is 0 Å². The largest absolute Gasteiger partial charge is 0.313 e. The molecule has 1 rings (SSSR count). The van der Waals surface area contributed by atoms with Crippen molar-refractivity contribution in [2.45, 2.75) is 19.4 Å². The van der Waals surface area contributed by atoms with E-state index in [1.165, 1.54) is 0 Å². The maximum Gasteiger partial charge on any atom is 0.0465 e. The normalized spacial score (nSPS) is 9.93. The predicted octanol–water partition coefficient (Wildman–Crippen LogP) is 3.50. The van der Waals surface area contributed by atoms with E-state index >= 15 is 0 Å². The first-order valence-corrected chi connectivity index (χ1v) is 5.58. The van der Waals surface area contributed by atoms with E-state index < -0.39 is 0 Å². The van der Waals surface area contributed by atoms with Crippen molar-refractivity contribution in [2.24, 2.45) is 0 Å². The fourth-order valence-electron chi connectivity index (χ4n) is 1.23. The van der Waals surface area contributed by atoms with Crippen LogP contribution in [0.5, 0.6) is 0 Å². The zero-order chi connectivity index (χ0) is 11.1. The molecule has 1 aromatic carbocycles. The number of hydrogen-bond donors (Lipinski definition) is 1. The lowest BCUT2D eigenvalue weighted by molar-refractivity contribution is 0.659. The highest BCUT2D eigenvalue weighted by molar-refractivity contribution is 6.35. The first-order chi connectivity index (χ1) is 7.25. The van der Waals surface area contributed by atoms with E-state index in [-0.39, 0.29) is 0 Å². The summed E-state index contributed by atoms with van der Waals surface area (Å²) in [6.07, 6.45) is 6.92. The van der Waals surface area contributed by atoms with Crippen LogP contribution in [0.3, 0.4) is 0 Å². The number of benzene rings is 1. The van der Waals surface area contributed by atoms with Crippen LogP contribution >= 0.6 is 23.2 Å². The summed E-state index contributed by atoms with van der Waals surface area (Å²) in [7, 11) is 0. The van der Waals surface area contributed by atoms with Crippen LogP contribution in [-0.2, 0) is 6.54 Å². The quantitative estimate of drug-likeness (QED) is 0.615. The third-order valence-corrected chi connectivity index (χ3v) is 2.75. The van der Waals surface area contributed by atoms with Gasteiger partial charge in [0.2, 0.25) is 0 Å². The lowest BCUT2D eigenvalue weighted by Crippen LogP contribution is -2.15. The van der Waals surface area contributed by atoms with Gasteiger partial charge in [0.25, 0.3) is 0 Å². The molecule has 0 aliphatic carbocycles. The average molecular weight is 242 g/mol. The molecule has 0 heterocycles. The maximum atomic E-state index is 6.01. The third kappa shape index (κ3) is 4.13. The number of nitrogens with one attached hydrogen (secondary N) is 1. The molecule has 80 valence electrons. The fourth-order valence-corrected chi connectivity index (χ4v) is 1.76. The molecule has 1 nitrogen and oxygen atoms in total. The zero-order valence-corrected chi connectivity index (χ0v) is 9.91. The highest BCUT2D eigenvalue weighted by Gasteiger charge is 2.03. The SMILES string of the molecule is C#CCCCNCc1c(Cl)cccc1Cl. The van der Waals surface area contributed by atoms with E-state index in [4.69, 9.17) is 29.6 Å². The van der Waals surface area contributed by atoms with Gasteiger partial charge in [0.05, 0.1) is 0 Å². The Morgan fingerprint density at radius 3 is 2.53 bits per heavy atom. The second-order valence-corrected chi connectivity index (χ2v) is 4.00. The number of halogens is 2. The molecule has 1 N–H and O–H groups in total. The molecule has 0 saturated carbocycles. The Balaban J connectivity index is 2.41. The van der Waals surface area contributed by atoms with E-state index in [1.54, 1.807) is 0 Å². The summed E-state index contributed by atoms with van der Waals surface area (Å²) >= 11 is 12.0. The molecule has 0 unspecified atom stereocenters.